The van der Waals surface area contributed by atoms with Gasteiger partial charge in [-0.05, 0) is 78.3 Å². The number of aliphatic hydroxyl groups is 1. The molecule has 0 fully saturated rings. The Morgan fingerprint density at radius 1 is 0.867 bits per heavy atom. The zero-order valence-electron chi connectivity index (χ0n) is 24.8. The minimum absolute atomic E-state index is 0.0373. The third-order valence-electron chi connectivity index (χ3n) is 7.64. The number of aromatic amines is 1. The number of ether oxygens (including phenoxy) is 1. The quantitative estimate of drug-likeness (QED) is 0.0780. The molecule has 9 nitrogen and oxygen atoms in total. The number of pyridine rings is 1. The van der Waals surface area contributed by atoms with Gasteiger partial charge in [0.05, 0.1) is 23.9 Å². The highest BCUT2D eigenvalue weighted by molar-refractivity contribution is 5.91. The van der Waals surface area contributed by atoms with E-state index in [0.717, 1.165) is 53.7 Å². The number of phenolic OH excluding ortho intramolecular Hbond substituents is 1. The Balaban J connectivity index is 1.03. The number of hydrogen-bond donors (Lipinski definition) is 6. The fourth-order valence-corrected chi connectivity index (χ4v) is 5.35. The summed E-state index contributed by atoms with van der Waals surface area (Å²) in [5.41, 5.74) is 5.17. The lowest BCUT2D eigenvalue weighted by molar-refractivity contribution is 0.176. The first-order valence-corrected chi connectivity index (χ1v) is 15.0. The van der Waals surface area contributed by atoms with Crippen molar-refractivity contribution in [2.24, 2.45) is 0 Å². The van der Waals surface area contributed by atoms with Gasteiger partial charge in [0.1, 0.15) is 11.5 Å². The molecule has 0 saturated carbocycles. The molecule has 6 N–H and O–H groups in total. The van der Waals surface area contributed by atoms with Crippen molar-refractivity contribution in [3.63, 3.8) is 0 Å². The number of benzene rings is 4. The van der Waals surface area contributed by atoms with Crippen LogP contribution in [0.2, 0.25) is 0 Å². The van der Waals surface area contributed by atoms with E-state index in [4.69, 9.17) is 4.74 Å². The molecule has 4 aromatic carbocycles. The lowest BCUT2D eigenvalue weighted by Gasteiger charge is -2.15. The molecule has 1 heterocycles. The van der Waals surface area contributed by atoms with Crippen LogP contribution < -0.4 is 20.9 Å². The molecule has 0 aliphatic carbocycles. The number of carboxylic acid groups (broad SMARTS) is 1. The molecule has 5 rings (SSSR count). The number of H-pyrrole nitrogens is 1. The molecule has 9 heteroatoms. The number of aromatic hydroxyl groups is 1. The molecular weight excluding hydrogens is 570 g/mol. The normalized spacial score (nSPS) is 11.8. The average molecular weight is 608 g/mol. The molecular formula is C36H37N3O6. The Labute approximate surface area is 261 Å². The van der Waals surface area contributed by atoms with Crippen molar-refractivity contribution in [3.05, 3.63) is 124 Å². The van der Waals surface area contributed by atoms with Crippen molar-refractivity contribution >= 4 is 22.7 Å². The van der Waals surface area contributed by atoms with E-state index in [0.29, 0.717) is 41.9 Å². The highest BCUT2D eigenvalue weighted by Crippen LogP contribution is 2.30. The molecule has 1 atom stereocenters. The summed E-state index contributed by atoms with van der Waals surface area (Å²) in [6.07, 6.45) is 1.81. The topological polar surface area (TPSA) is 144 Å². The Bertz CT molecular complexity index is 1790. The van der Waals surface area contributed by atoms with E-state index < -0.39 is 12.2 Å². The van der Waals surface area contributed by atoms with Crippen molar-refractivity contribution in [1.29, 1.82) is 0 Å². The molecule has 5 aromatic rings. The first-order valence-electron chi connectivity index (χ1n) is 15.0. The number of nitrogens with one attached hydrogen (secondary N) is 3. The summed E-state index contributed by atoms with van der Waals surface area (Å²) in [5.74, 6) is 0.758. The number of hydrogen-bond acceptors (Lipinski definition) is 6. The maximum atomic E-state index is 11.6. The highest BCUT2D eigenvalue weighted by atomic mass is 16.5. The lowest BCUT2D eigenvalue weighted by Crippen LogP contribution is -2.21. The Kier molecular flexibility index (Phi) is 10.5. The summed E-state index contributed by atoms with van der Waals surface area (Å²) in [6, 6.07) is 29.6. The number of aromatic nitrogens is 1. The van der Waals surface area contributed by atoms with E-state index in [9.17, 15) is 24.9 Å². The molecule has 1 amide bonds. The minimum Gasteiger partial charge on any atom is -0.506 e. The van der Waals surface area contributed by atoms with Gasteiger partial charge in [-0.2, -0.15) is 0 Å². The van der Waals surface area contributed by atoms with Crippen LogP contribution >= 0.6 is 0 Å². The second-order valence-corrected chi connectivity index (χ2v) is 10.9. The fraction of sp³-hybridized carbons (Fsp3) is 0.222. The number of unbranched alkanes of at least 4 members (excludes halogenated alkanes) is 2. The van der Waals surface area contributed by atoms with Gasteiger partial charge in [0.2, 0.25) is 5.56 Å². The third kappa shape index (κ3) is 8.50. The number of amides is 1. The van der Waals surface area contributed by atoms with Crippen LogP contribution in [-0.4, -0.2) is 39.5 Å². The molecule has 232 valence electrons. The van der Waals surface area contributed by atoms with E-state index >= 15 is 0 Å². The van der Waals surface area contributed by atoms with Crippen LogP contribution in [0.3, 0.4) is 0 Å². The van der Waals surface area contributed by atoms with Crippen molar-refractivity contribution in [2.75, 3.05) is 18.5 Å². The van der Waals surface area contributed by atoms with Gasteiger partial charge >= 0.3 is 6.09 Å². The average Bonchev–Trinajstić information content (AvgIpc) is 3.04. The smallest absolute Gasteiger partial charge is 0.409 e. The molecule has 0 spiro atoms. The zero-order valence-corrected chi connectivity index (χ0v) is 24.8. The maximum Gasteiger partial charge on any atom is 0.409 e. The van der Waals surface area contributed by atoms with Crippen LogP contribution in [0.25, 0.3) is 22.0 Å². The zero-order chi connectivity index (χ0) is 31.6. The standard InChI is InChI=1S/C36H37N3O6/c40-32-18-16-29(30-17-19-34(42)39-35(30)32)33(41)23-37-22-25-10-13-27(14-11-25)45-20-6-2-3-7-24-12-15-28(26-8-4-1-5-9-26)31(21-24)38-36(43)44/h1,4-5,8-19,21,33,37-38,40-41H,2-3,6-7,20,22-23H2,(H,39,42)(H,43,44)/t33-/m1/s1. The van der Waals surface area contributed by atoms with Gasteiger partial charge in [0.25, 0.3) is 0 Å². The van der Waals surface area contributed by atoms with Crippen molar-refractivity contribution < 1.29 is 24.9 Å². The number of rotatable bonds is 14. The summed E-state index contributed by atoms with van der Waals surface area (Å²) in [5, 5.41) is 36.5. The lowest BCUT2D eigenvalue weighted by atomic mass is 9.99. The molecule has 0 unspecified atom stereocenters. The highest BCUT2D eigenvalue weighted by Gasteiger charge is 2.14. The molecule has 0 saturated heterocycles. The van der Waals surface area contributed by atoms with Gasteiger partial charge in [-0.15, -0.1) is 0 Å². The van der Waals surface area contributed by atoms with Gasteiger partial charge in [-0.25, -0.2) is 4.79 Å². The number of carbonyl (C=O) groups is 1. The first-order chi connectivity index (χ1) is 21.9. The van der Waals surface area contributed by atoms with Gasteiger partial charge in [0, 0.05) is 30.1 Å². The predicted octanol–water partition coefficient (Wildman–Crippen LogP) is 6.61. The van der Waals surface area contributed by atoms with Crippen LogP contribution in [0.15, 0.2) is 102 Å². The first kappa shape index (κ1) is 31.3. The third-order valence-corrected chi connectivity index (χ3v) is 7.64. The van der Waals surface area contributed by atoms with Gasteiger partial charge in [0.15, 0.2) is 0 Å². The SMILES string of the molecule is O=C(O)Nc1cc(CCCCCOc2ccc(CNC[C@@H](O)c3ccc(O)c4[nH]c(=O)ccc34)cc2)ccc1-c1ccccc1. The molecule has 0 aliphatic rings. The number of aryl methyl sites for hydroxylation is 1. The fourth-order valence-electron chi connectivity index (χ4n) is 5.35. The van der Waals surface area contributed by atoms with Gasteiger partial charge in [-0.1, -0.05) is 60.7 Å². The second-order valence-electron chi connectivity index (χ2n) is 10.9. The predicted molar refractivity (Wildman–Crippen MR) is 176 cm³/mol. The Hall–Kier alpha value is -5.12. The van der Waals surface area contributed by atoms with Crippen molar-refractivity contribution in [2.45, 2.75) is 38.3 Å². The summed E-state index contributed by atoms with van der Waals surface area (Å²) >= 11 is 0. The number of fused-ring (bicyclic) bond motifs is 1. The molecule has 0 bridgehead atoms. The van der Waals surface area contributed by atoms with Gasteiger partial charge < -0.3 is 30.4 Å². The summed E-state index contributed by atoms with van der Waals surface area (Å²) in [6.45, 7) is 1.46. The molecule has 0 radical (unpaired) electrons. The van der Waals surface area contributed by atoms with E-state index in [1.54, 1.807) is 12.1 Å². The van der Waals surface area contributed by atoms with E-state index in [1.807, 2.05) is 66.7 Å². The monoisotopic (exact) mass is 607 g/mol. The van der Waals surface area contributed by atoms with Gasteiger partial charge in [-0.3, -0.25) is 10.1 Å². The maximum absolute atomic E-state index is 11.6. The Morgan fingerprint density at radius 3 is 2.42 bits per heavy atom. The van der Waals surface area contributed by atoms with Crippen molar-refractivity contribution in [1.82, 2.24) is 10.3 Å². The molecule has 0 aliphatic heterocycles. The number of anilines is 1. The summed E-state index contributed by atoms with van der Waals surface area (Å²) in [7, 11) is 0. The number of aliphatic hydroxyl groups excluding tert-OH is 1. The molecule has 45 heavy (non-hydrogen) atoms. The van der Waals surface area contributed by atoms with E-state index in [2.05, 4.69) is 21.7 Å². The van der Waals surface area contributed by atoms with Crippen LogP contribution in [0.4, 0.5) is 10.5 Å². The van der Waals surface area contributed by atoms with Crippen molar-refractivity contribution in [3.8, 4) is 22.6 Å². The largest absolute Gasteiger partial charge is 0.506 e. The van der Waals surface area contributed by atoms with Crippen LogP contribution in [0.5, 0.6) is 11.5 Å². The van der Waals surface area contributed by atoms with Crippen LogP contribution in [0.1, 0.15) is 42.1 Å². The summed E-state index contributed by atoms with van der Waals surface area (Å²) in [4.78, 5) is 25.6. The number of phenols is 1. The second kappa shape index (κ2) is 15.1. The molecule has 1 aromatic heterocycles. The van der Waals surface area contributed by atoms with E-state index in [-0.39, 0.29) is 11.3 Å². The van der Waals surface area contributed by atoms with Crippen LogP contribution in [-0.2, 0) is 13.0 Å². The minimum atomic E-state index is -1.08. The van der Waals surface area contributed by atoms with Crippen LogP contribution in [0, 0.1) is 0 Å². The summed E-state index contributed by atoms with van der Waals surface area (Å²) < 4.78 is 5.92. The van der Waals surface area contributed by atoms with E-state index in [1.165, 1.54) is 12.1 Å². The Morgan fingerprint density at radius 2 is 1.64 bits per heavy atom.